The summed E-state index contributed by atoms with van der Waals surface area (Å²) >= 11 is 0. The van der Waals surface area contributed by atoms with Crippen molar-refractivity contribution in [2.45, 2.75) is 154 Å². The van der Waals surface area contributed by atoms with E-state index < -0.39 is 58.4 Å². The van der Waals surface area contributed by atoms with Crippen molar-refractivity contribution in [1.29, 1.82) is 0 Å². The Morgan fingerprint density at radius 3 is 2.26 bits per heavy atom. The number of ether oxygens (including phenoxy) is 6. The number of halogens is 3. The van der Waals surface area contributed by atoms with Gasteiger partial charge in [0.25, 0.3) is 0 Å². The summed E-state index contributed by atoms with van der Waals surface area (Å²) < 4.78 is 81.0. The van der Waals surface area contributed by atoms with Crippen molar-refractivity contribution in [3.8, 4) is 0 Å². The molecule has 0 unspecified atom stereocenters. The second kappa shape index (κ2) is 12.9. The van der Waals surface area contributed by atoms with E-state index in [4.69, 9.17) is 53.0 Å². The van der Waals surface area contributed by atoms with Crippen molar-refractivity contribution >= 4 is 5.90 Å². The summed E-state index contributed by atoms with van der Waals surface area (Å²) in [6, 6.07) is 0. The molecule has 2 saturated carbocycles. The lowest BCUT2D eigenvalue weighted by molar-refractivity contribution is -0.584. The fourth-order valence-electron chi connectivity index (χ4n) is 11.5. The van der Waals surface area contributed by atoms with Crippen molar-refractivity contribution in [3.63, 3.8) is 0 Å². The number of hydrogen-bond acceptors (Lipinski definition) is 11. The first-order chi connectivity index (χ1) is 24.9. The fraction of sp³-hybridized carbons (Fsp3) is 0.872. The first-order valence-electron chi connectivity index (χ1n) is 19.6. The van der Waals surface area contributed by atoms with E-state index in [9.17, 15) is 13.2 Å². The van der Waals surface area contributed by atoms with E-state index >= 15 is 0 Å². The third-order valence-corrected chi connectivity index (χ3v) is 14.3. The zero-order valence-electron chi connectivity index (χ0n) is 32.2. The maximum Gasteiger partial charge on any atom is 0.449 e. The van der Waals surface area contributed by atoms with Crippen LogP contribution < -0.4 is 0 Å². The summed E-state index contributed by atoms with van der Waals surface area (Å²) in [5, 5.41) is 0. The van der Waals surface area contributed by atoms with E-state index in [1.807, 2.05) is 13.8 Å². The highest BCUT2D eigenvalue weighted by Gasteiger charge is 2.76. The normalized spacial score (nSPS) is 50.7. The molecule has 10 rings (SSSR count). The number of alkyl halides is 3. The van der Waals surface area contributed by atoms with E-state index in [-0.39, 0.29) is 55.0 Å². The van der Waals surface area contributed by atoms with Gasteiger partial charge in [-0.2, -0.15) is 13.2 Å². The van der Waals surface area contributed by atoms with Gasteiger partial charge in [0, 0.05) is 55.9 Å². The number of fused-ring (bicyclic) bond motifs is 4. The van der Waals surface area contributed by atoms with E-state index in [1.54, 1.807) is 32.9 Å². The smallest absolute Gasteiger partial charge is 0.449 e. The minimum atomic E-state index is -4.74. The minimum absolute atomic E-state index is 0.00902. The molecular weight excluding hydrogens is 699 g/mol. The predicted molar refractivity (Wildman–Crippen MR) is 182 cm³/mol. The van der Waals surface area contributed by atoms with Gasteiger partial charge in [0.1, 0.15) is 6.61 Å². The molecule has 11 nitrogen and oxygen atoms in total. The Labute approximate surface area is 310 Å². The van der Waals surface area contributed by atoms with Gasteiger partial charge in [0.2, 0.25) is 23.1 Å². The van der Waals surface area contributed by atoms with Crippen LogP contribution in [-0.2, 0) is 48.0 Å². The second-order valence-electron chi connectivity index (χ2n) is 17.6. The summed E-state index contributed by atoms with van der Waals surface area (Å²) in [7, 11) is 0. The summed E-state index contributed by atoms with van der Waals surface area (Å²) in [5.74, 6) is -4.12. The maximum absolute atomic E-state index is 14.6. The van der Waals surface area contributed by atoms with Crippen LogP contribution >= 0.6 is 0 Å². The molecule has 8 heterocycles. The lowest BCUT2D eigenvalue weighted by Crippen LogP contribution is -2.73. The predicted octanol–water partition coefficient (Wildman–Crippen LogP) is 8.04. The van der Waals surface area contributed by atoms with Gasteiger partial charge in [-0.3, -0.25) is 0 Å². The number of nitrogens with zero attached hydrogens (tertiary/aromatic N) is 1. The average molecular weight is 756 g/mol. The molecule has 14 heteroatoms. The highest BCUT2D eigenvalue weighted by atomic mass is 19.4. The Morgan fingerprint density at radius 1 is 0.811 bits per heavy atom. The number of hydrogen-bond donors (Lipinski definition) is 0. The summed E-state index contributed by atoms with van der Waals surface area (Å²) in [5.41, 5.74) is -2.80. The molecule has 0 radical (unpaired) electrons. The van der Waals surface area contributed by atoms with Gasteiger partial charge in [-0.15, -0.1) is 0 Å². The van der Waals surface area contributed by atoms with Crippen LogP contribution in [0.4, 0.5) is 13.2 Å². The molecule has 2 spiro atoms. The van der Waals surface area contributed by atoms with Gasteiger partial charge < -0.3 is 28.4 Å². The minimum Gasteiger partial charge on any atom is -0.477 e. The topological polar surface area (TPSA) is 105 Å². The third kappa shape index (κ3) is 5.86. The number of allylic oxidation sites excluding steroid dienone is 1. The summed E-state index contributed by atoms with van der Waals surface area (Å²) in [6.45, 7) is 15.4. The zero-order valence-corrected chi connectivity index (χ0v) is 32.2. The van der Waals surface area contributed by atoms with E-state index in [0.29, 0.717) is 31.1 Å². The second-order valence-corrected chi connectivity index (χ2v) is 17.6. The lowest BCUT2D eigenvalue weighted by atomic mass is 9.57. The molecule has 298 valence electrons. The van der Waals surface area contributed by atoms with E-state index in [2.05, 4.69) is 20.8 Å². The molecule has 4 bridgehead atoms. The number of aliphatic imine (C=N–C) groups is 1. The standard InChI is InChI=1S/C39H56F3NO10/c1-22-11-13-29-24(3)35(7,48-32-37(29)27(22)15-17-33(5,47-32)50-52-37)43-25(4)45-20-10-9-19-44-21-26-30-14-12-23(2)28-16-18-34(6)49-36(8,38(28,30)53-51-34)46-31(26)39(40,41)42/h9-10,22-24,27-30,32H,11-21H2,1-8H3/b10-9+,43-25?/t22-,23-,24-,27+,28+,29+,30+,32+,33+,34+,35+,36-,37-,38-/m1/s1. The molecule has 8 aliphatic heterocycles. The average Bonchev–Trinajstić information content (AvgIpc) is 3.44. The Morgan fingerprint density at radius 2 is 1.49 bits per heavy atom. The molecule has 9 fully saturated rings. The van der Waals surface area contributed by atoms with E-state index in [0.717, 1.165) is 32.1 Å². The van der Waals surface area contributed by atoms with Gasteiger partial charge in [-0.1, -0.05) is 26.8 Å². The SMILES string of the molecule is CC(=N[C@@]1(C)O[C@@H]2O[C@]3(C)CC[C@H]4[C@H](C)CC[C@@H]([C@H]1C)[C@@]24OO3)OC/C=C/COCC1=C(C(F)(F)F)O[C@]2(C)O[C@]3(C)CC[C@H]4[C@H](C)CC[C@@H]1[C@]42OO3. The third-order valence-electron chi connectivity index (χ3n) is 14.3. The highest BCUT2D eigenvalue weighted by Crippen LogP contribution is 2.66. The highest BCUT2D eigenvalue weighted by molar-refractivity contribution is 5.73. The van der Waals surface area contributed by atoms with Crippen LogP contribution in [0.15, 0.2) is 28.5 Å². The number of rotatable bonds is 7. The zero-order chi connectivity index (χ0) is 37.8. The van der Waals surface area contributed by atoms with Crippen LogP contribution in [0.5, 0.6) is 0 Å². The molecule has 10 aliphatic rings. The molecular formula is C39H56F3NO10. The van der Waals surface area contributed by atoms with Crippen LogP contribution in [0.1, 0.15) is 107 Å². The first kappa shape index (κ1) is 38.1. The molecule has 0 aromatic heterocycles. The van der Waals surface area contributed by atoms with Gasteiger partial charge in [-0.05, 0) is 83.1 Å². The molecule has 53 heavy (non-hydrogen) atoms. The molecule has 0 aromatic rings. The molecule has 0 N–H and O–H groups in total. The van der Waals surface area contributed by atoms with Gasteiger partial charge >= 0.3 is 6.18 Å². The lowest BCUT2D eigenvalue weighted by Gasteiger charge is -2.62. The molecule has 7 saturated heterocycles. The van der Waals surface area contributed by atoms with Crippen molar-refractivity contribution in [1.82, 2.24) is 0 Å². The monoisotopic (exact) mass is 755 g/mol. The molecule has 0 aromatic carbocycles. The quantitative estimate of drug-likeness (QED) is 0.0834. The van der Waals surface area contributed by atoms with Crippen molar-refractivity contribution < 1.29 is 61.1 Å². The summed E-state index contributed by atoms with van der Waals surface area (Å²) in [4.78, 5) is 29.1. The largest absolute Gasteiger partial charge is 0.477 e. The molecule has 0 amide bonds. The maximum atomic E-state index is 14.6. The first-order valence-corrected chi connectivity index (χ1v) is 19.6. The van der Waals surface area contributed by atoms with Gasteiger partial charge in [0.05, 0.1) is 13.2 Å². The Bertz CT molecular complexity index is 1540. The molecule has 2 aliphatic carbocycles. The van der Waals surface area contributed by atoms with Crippen molar-refractivity contribution in [2.75, 3.05) is 19.8 Å². The Balaban J connectivity index is 0.919. The Kier molecular flexibility index (Phi) is 9.26. The van der Waals surface area contributed by atoms with Gasteiger partial charge in [-0.25, -0.2) is 24.5 Å². The Hall–Kier alpha value is -1.78. The molecule has 14 atom stereocenters. The van der Waals surface area contributed by atoms with Crippen LogP contribution in [0.25, 0.3) is 0 Å². The summed E-state index contributed by atoms with van der Waals surface area (Å²) in [6.07, 6.45) is 4.25. The van der Waals surface area contributed by atoms with Crippen LogP contribution in [0.3, 0.4) is 0 Å². The fourth-order valence-corrected chi connectivity index (χ4v) is 11.5. The van der Waals surface area contributed by atoms with Crippen LogP contribution in [0.2, 0.25) is 0 Å². The van der Waals surface area contributed by atoms with Crippen molar-refractivity contribution in [3.05, 3.63) is 23.5 Å². The van der Waals surface area contributed by atoms with E-state index in [1.165, 1.54) is 0 Å². The van der Waals surface area contributed by atoms with Crippen molar-refractivity contribution in [2.24, 2.45) is 46.4 Å². The van der Waals surface area contributed by atoms with Gasteiger partial charge in [0.15, 0.2) is 29.1 Å². The van der Waals surface area contributed by atoms with Crippen LogP contribution in [0, 0.1) is 41.4 Å². The van der Waals surface area contributed by atoms with Crippen LogP contribution in [-0.4, -0.2) is 72.5 Å².